The van der Waals surface area contributed by atoms with E-state index in [0.29, 0.717) is 13.0 Å². The van der Waals surface area contributed by atoms with Gasteiger partial charge in [-0.25, -0.2) is 4.79 Å². The van der Waals surface area contributed by atoms with Gasteiger partial charge in [0.15, 0.2) is 0 Å². The summed E-state index contributed by atoms with van der Waals surface area (Å²) < 4.78 is 14.8. The van der Waals surface area contributed by atoms with Crippen molar-refractivity contribution in [2.24, 2.45) is 0 Å². The fourth-order valence-electron chi connectivity index (χ4n) is 1.76. The lowest BCUT2D eigenvalue weighted by atomic mass is 10.1. The molecule has 0 saturated heterocycles. The van der Waals surface area contributed by atoms with E-state index in [1.807, 2.05) is 12.1 Å². The lowest BCUT2D eigenvalue weighted by Crippen LogP contribution is -2.44. The lowest BCUT2D eigenvalue weighted by molar-refractivity contribution is -0.145. The summed E-state index contributed by atoms with van der Waals surface area (Å²) in [5.41, 5.74) is 0.892. The second kappa shape index (κ2) is 8.97. The Kier molecular flexibility index (Phi) is 7.25. The van der Waals surface area contributed by atoms with E-state index in [9.17, 15) is 9.59 Å². The summed E-state index contributed by atoms with van der Waals surface area (Å²) in [6.07, 6.45) is 0.342. The maximum atomic E-state index is 11.7. The number of ether oxygens (including phenoxy) is 3. The van der Waals surface area contributed by atoms with Gasteiger partial charge in [-0.1, -0.05) is 12.1 Å². The Morgan fingerprint density at radius 1 is 1.19 bits per heavy atom. The zero-order chi connectivity index (χ0) is 15.7. The molecule has 1 atom stereocenters. The summed E-state index contributed by atoms with van der Waals surface area (Å²) in [4.78, 5) is 23.4. The minimum absolute atomic E-state index is 0.0768. The third kappa shape index (κ3) is 5.83. The van der Waals surface area contributed by atoms with Gasteiger partial charge in [-0.15, -0.1) is 0 Å². The second-order valence-corrected chi connectivity index (χ2v) is 4.33. The zero-order valence-corrected chi connectivity index (χ0v) is 12.5. The van der Waals surface area contributed by atoms with Gasteiger partial charge in [-0.2, -0.15) is 0 Å². The van der Waals surface area contributed by atoms with Gasteiger partial charge in [0.25, 0.3) is 0 Å². The van der Waals surface area contributed by atoms with Gasteiger partial charge in [0.2, 0.25) is 5.91 Å². The van der Waals surface area contributed by atoms with E-state index < -0.39 is 12.0 Å². The van der Waals surface area contributed by atoms with E-state index in [1.165, 1.54) is 7.11 Å². The van der Waals surface area contributed by atoms with Crippen LogP contribution in [-0.2, 0) is 25.5 Å². The number of esters is 1. The van der Waals surface area contributed by atoms with Gasteiger partial charge in [0, 0.05) is 13.0 Å². The highest BCUT2D eigenvalue weighted by Crippen LogP contribution is 2.13. The first kappa shape index (κ1) is 17.0. The molecule has 116 valence electrons. The van der Waals surface area contributed by atoms with Gasteiger partial charge in [0.1, 0.15) is 18.4 Å². The van der Waals surface area contributed by atoms with Crippen molar-refractivity contribution in [2.45, 2.75) is 19.4 Å². The van der Waals surface area contributed by atoms with Crippen LogP contribution < -0.4 is 10.1 Å². The standard InChI is InChI=1S/C15H21NO5/c1-4-21-10-14(17)16-13(15(18)20-3)9-11-5-7-12(19-2)8-6-11/h5-8,13H,4,9-10H2,1-3H3,(H,16,17)/t13-/m0/s1. The van der Waals surface area contributed by atoms with E-state index in [1.54, 1.807) is 26.2 Å². The molecule has 1 amide bonds. The predicted octanol–water partition coefficient (Wildman–Crippen LogP) is 0.932. The van der Waals surface area contributed by atoms with E-state index in [2.05, 4.69) is 5.32 Å². The molecule has 1 N–H and O–H groups in total. The number of benzene rings is 1. The number of amides is 1. The average Bonchev–Trinajstić information content (AvgIpc) is 2.52. The summed E-state index contributed by atoms with van der Waals surface area (Å²) in [6, 6.07) is 6.53. The molecule has 0 radical (unpaired) electrons. The van der Waals surface area contributed by atoms with Crippen LogP contribution in [0.5, 0.6) is 5.75 Å². The first-order valence-electron chi connectivity index (χ1n) is 6.68. The summed E-state index contributed by atoms with van der Waals surface area (Å²) in [5.74, 6) is -0.106. The van der Waals surface area contributed by atoms with Gasteiger partial charge in [0.05, 0.1) is 14.2 Å². The van der Waals surface area contributed by atoms with Gasteiger partial charge >= 0.3 is 5.97 Å². The van der Waals surface area contributed by atoms with Crippen molar-refractivity contribution < 1.29 is 23.8 Å². The van der Waals surface area contributed by atoms with Crippen LogP contribution in [0.1, 0.15) is 12.5 Å². The first-order valence-corrected chi connectivity index (χ1v) is 6.68. The molecule has 0 bridgehead atoms. The fraction of sp³-hybridized carbons (Fsp3) is 0.467. The minimum Gasteiger partial charge on any atom is -0.497 e. The molecular weight excluding hydrogens is 274 g/mol. The normalized spacial score (nSPS) is 11.6. The van der Waals surface area contributed by atoms with Crippen molar-refractivity contribution in [3.8, 4) is 5.75 Å². The minimum atomic E-state index is -0.739. The number of methoxy groups -OCH3 is 2. The number of hydrogen-bond acceptors (Lipinski definition) is 5. The Labute approximate surface area is 124 Å². The third-order valence-electron chi connectivity index (χ3n) is 2.86. The summed E-state index contributed by atoms with van der Waals surface area (Å²) in [6.45, 7) is 2.16. The fourth-order valence-corrected chi connectivity index (χ4v) is 1.76. The largest absolute Gasteiger partial charge is 0.497 e. The molecule has 1 rings (SSSR count). The molecule has 1 aromatic carbocycles. The highest BCUT2D eigenvalue weighted by molar-refractivity contribution is 5.85. The Morgan fingerprint density at radius 3 is 2.38 bits per heavy atom. The molecule has 0 unspecified atom stereocenters. The number of nitrogens with one attached hydrogen (secondary N) is 1. The Bertz CT molecular complexity index is 458. The monoisotopic (exact) mass is 295 g/mol. The molecule has 0 aliphatic carbocycles. The smallest absolute Gasteiger partial charge is 0.328 e. The van der Waals surface area contributed by atoms with E-state index >= 15 is 0 Å². The molecule has 21 heavy (non-hydrogen) atoms. The molecular formula is C15H21NO5. The van der Waals surface area contributed by atoms with Crippen LogP contribution in [0.2, 0.25) is 0 Å². The topological polar surface area (TPSA) is 73.9 Å². The molecule has 1 aromatic rings. The highest BCUT2D eigenvalue weighted by Gasteiger charge is 2.21. The average molecular weight is 295 g/mol. The van der Waals surface area contributed by atoms with Crippen LogP contribution >= 0.6 is 0 Å². The Morgan fingerprint density at radius 2 is 1.86 bits per heavy atom. The summed E-state index contributed by atoms with van der Waals surface area (Å²) in [5, 5.41) is 2.61. The van der Waals surface area contributed by atoms with E-state index in [0.717, 1.165) is 11.3 Å². The van der Waals surface area contributed by atoms with Crippen molar-refractivity contribution in [1.82, 2.24) is 5.32 Å². The van der Waals surface area contributed by atoms with Crippen molar-refractivity contribution >= 4 is 11.9 Å². The van der Waals surface area contributed by atoms with E-state index in [4.69, 9.17) is 14.2 Å². The maximum Gasteiger partial charge on any atom is 0.328 e. The summed E-state index contributed by atoms with van der Waals surface area (Å²) >= 11 is 0. The maximum absolute atomic E-state index is 11.7. The Balaban J connectivity index is 2.68. The second-order valence-electron chi connectivity index (χ2n) is 4.33. The number of carbonyl (C=O) groups excluding carboxylic acids is 2. The highest BCUT2D eigenvalue weighted by atomic mass is 16.5. The van der Waals surface area contributed by atoms with Crippen LogP contribution in [0.4, 0.5) is 0 Å². The van der Waals surface area contributed by atoms with Crippen molar-refractivity contribution in [1.29, 1.82) is 0 Å². The molecule has 0 aliphatic heterocycles. The molecule has 6 heteroatoms. The molecule has 0 aromatic heterocycles. The van der Waals surface area contributed by atoms with Crippen LogP contribution in [0.25, 0.3) is 0 Å². The molecule has 0 saturated carbocycles. The third-order valence-corrected chi connectivity index (χ3v) is 2.86. The van der Waals surface area contributed by atoms with Crippen LogP contribution in [0.15, 0.2) is 24.3 Å². The van der Waals surface area contributed by atoms with Gasteiger partial charge in [-0.3, -0.25) is 4.79 Å². The SMILES string of the molecule is CCOCC(=O)N[C@@H](Cc1ccc(OC)cc1)C(=O)OC. The van der Waals surface area contributed by atoms with Gasteiger partial charge in [-0.05, 0) is 24.6 Å². The van der Waals surface area contributed by atoms with Crippen molar-refractivity contribution in [3.63, 3.8) is 0 Å². The van der Waals surface area contributed by atoms with Crippen LogP contribution in [0.3, 0.4) is 0 Å². The van der Waals surface area contributed by atoms with Crippen molar-refractivity contribution in [2.75, 3.05) is 27.4 Å². The number of carbonyl (C=O) groups is 2. The summed E-state index contributed by atoms with van der Waals surface area (Å²) in [7, 11) is 2.87. The number of hydrogen-bond donors (Lipinski definition) is 1. The molecule has 0 spiro atoms. The quantitative estimate of drug-likeness (QED) is 0.722. The first-order chi connectivity index (χ1) is 10.1. The van der Waals surface area contributed by atoms with E-state index in [-0.39, 0.29) is 12.5 Å². The Hall–Kier alpha value is -2.08. The lowest BCUT2D eigenvalue weighted by Gasteiger charge is -2.16. The molecule has 0 fully saturated rings. The molecule has 6 nitrogen and oxygen atoms in total. The molecule has 0 aliphatic rings. The van der Waals surface area contributed by atoms with Gasteiger partial charge < -0.3 is 19.5 Å². The number of rotatable bonds is 8. The van der Waals surface area contributed by atoms with Crippen LogP contribution in [0, 0.1) is 0 Å². The zero-order valence-electron chi connectivity index (χ0n) is 12.5. The molecule has 0 heterocycles. The van der Waals surface area contributed by atoms with Crippen molar-refractivity contribution in [3.05, 3.63) is 29.8 Å². The predicted molar refractivity (Wildman–Crippen MR) is 77.1 cm³/mol. The van der Waals surface area contributed by atoms with Crippen LogP contribution in [-0.4, -0.2) is 45.4 Å².